The van der Waals surface area contributed by atoms with Crippen LogP contribution in [0.1, 0.15) is 43.5 Å². The summed E-state index contributed by atoms with van der Waals surface area (Å²) < 4.78 is 1.58. The maximum absolute atomic E-state index is 12.8. The zero-order chi connectivity index (χ0) is 15.5. The molecule has 1 unspecified atom stereocenters. The molecule has 22 heavy (non-hydrogen) atoms. The normalized spacial score (nSPS) is 18.7. The number of likely N-dealkylation sites (tertiary alicyclic amines) is 1. The Hall–Kier alpha value is -2.24. The third kappa shape index (κ3) is 2.86. The summed E-state index contributed by atoms with van der Waals surface area (Å²) in [4.78, 5) is 23.0. The molecule has 116 valence electrons. The number of aromatic nitrogens is 4. The Kier molecular flexibility index (Phi) is 4.18. The molecule has 6 nitrogen and oxygen atoms in total. The standard InChI is InChI=1S/C16H21N5O/c1-12(2)14-5-3-4-8-20(14)16(22)13-6-7-15(18-9-13)21-11-17-10-19-21/h6-7,9-12,14H,3-5,8H2,1-2H3. The van der Waals surface area contributed by atoms with E-state index in [1.165, 1.54) is 12.7 Å². The number of carbonyl (C=O) groups excluding carboxylic acids is 1. The predicted molar refractivity (Wildman–Crippen MR) is 82.7 cm³/mol. The van der Waals surface area contributed by atoms with Crippen LogP contribution in [0.5, 0.6) is 0 Å². The van der Waals surface area contributed by atoms with Crippen molar-refractivity contribution in [3.63, 3.8) is 0 Å². The van der Waals surface area contributed by atoms with Crippen molar-refractivity contribution in [2.24, 2.45) is 5.92 Å². The number of hydrogen-bond acceptors (Lipinski definition) is 4. The topological polar surface area (TPSA) is 63.9 Å². The minimum Gasteiger partial charge on any atom is -0.335 e. The van der Waals surface area contributed by atoms with Gasteiger partial charge in [0, 0.05) is 18.8 Å². The average Bonchev–Trinajstić information content (AvgIpc) is 3.09. The van der Waals surface area contributed by atoms with Crippen LogP contribution in [0.3, 0.4) is 0 Å². The van der Waals surface area contributed by atoms with Gasteiger partial charge < -0.3 is 4.90 Å². The van der Waals surface area contributed by atoms with Crippen LogP contribution >= 0.6 is 0 Å². The van der Waals surface area contributed by atoms with E-state index in [9.17, 15) is 4.79 Å². The fraction of sp³-hybridized carbons (Fsp3) is 0.500. The summed E-state index contributed by atoms with van der Waals surface area (Å²) in [6, 6.07) is 3.95. The maximum Gasteiger partial charge on any atom is 0.255 e. The molecular weight excluding hydrogens is 278 g/mol. The summed E-state index contributed by atoms with van der Waals surface area (Å²) in [5.74, 6) is 1.22. The number of amides is 1. The lowest BCUT2D eigenvalue weighted by atomic mass is 9.92. The minimum absolute atomic E-state index is 0.0797. The van der Waals surface area contributed by atoms with E-state index in [-0.39, 0.29) is 5.91 Å². The van der Waals surface area contributed by atoms with Gasteiger partial charge in [-0.05, 0) is 37.3 Å². The molecule has 0 aromatic carbocycles. The molecule has 3 rings (SSSR count). The van der Waals surface area contributed by atoms with Crippen LogP contribution in [-0.4, -0.2) is 43.1 Å². The molecule has 2 aromatic rings. The first-order chi connectivity index (χ1) is 10.7. The molecule has 3 heterocycles. The summed E-state index contributed by atoms with van der Waals surface area (Å²) in [6.45, 7) is 5.21. The van der Waals surface area contributed by atoms with E-state index in [4.69, 9.17) is 0 Å². The van der Waals surface area contributed by atoms with Crippen molar-refractivity contribution >= 4 is 5.91 Å². The molecule has 1 atom stereocenters. The van der Waals surface area contributed by atoms with Gasteiger partial charge in [0.15, 0.2) is 5.82 Å². The smallest absolute Gasteiger partial charge is 0.255 e. The summed E-state index contributed by atoms with van der Waals surface area (Å²) in [7, 11) is 0. The van der Waals surface area contributed by atoms with Crippen molar-refractivity contribution in [2.45, 2.75) is 39.2 Å². The number of nitrogens with zero attached hydrogens (tertiary/aromatic N) is 5. The molecule has 1 fully saturated rings. The molecule has 2 aromatic heterocycles. The Balaban J connectivity index is 1.79. The van der Waals surface area contributed by atoms with Crippen LogP contribution in [0, 0.1) is 5.92 Å². The Morgan fingerprint density at radius 2 is 2.18 bits per heavy atom. The fourth-order valence-corrected chi connectivity index (χ4v) is 3.04. The summed E-state index contributed by atoms with van der Waals surface area (Å²) in [6.07, 6.45) is 8.06. The second kappa shape index (κ2) is 6.25. The van der Waals surface area contributed by atoms with E-state index in [0.717, 1.165) is 19.4 Å². The zero-order valence-corrected chi connectivity index (χ0v) is 13.0. The molecule has 0 saturated carbocycles. The van der Waals surface area contributed by atoms with Crippen LogP contribution in [-0.2, 0) is 0 Å². The molecule has 1 saturated heterocycles. The highest BCUT2D eigenvalue weighted by atomic mass is 16.2. The molecular formula is C16H21N5O. The molecule has 0 bridgehead atoms. The Bertz CT molecular complexity index is 620. The molecule has 6 heteroatoms. The van der Waals surface area contributed by atoms with Gasteiger partial charge in [0.05, 0.1) is 5.56 Å². The number of rotatable bonds is 3. The Morgan fingerprint density at radius 1 is 1.32 bits per heavy atom. The Labute approximate surface area is 130 Å². The van der Waals surface area contributed by atoms with Crippen molar-refractivity contribution in [1.29, 1.82) is 0 Å². The van der Waals surface area contributed by atoms with E-state index in [1.54, 1.807) is 23.3 Å². The molecule has 1 aliphatic heterocycles. The molecule has 0 radical (unpaired) electrons. The molecule has 0 aliphatic carbocycles. The van der Waals surface area contributed by atoms with Crippen LogP contribution in [0.4, 0.5) is 0 Å². The van der Waals surface area contributed by atoms with E-state index in [0.29, 0.717) is 23.3 Å². The summed E-state index contributed by atoms with van der Waals surface area (Å²) in [5, 5.41) is 4.03. The van der Waals surface area contributed by atoms with Crippen LogP contribution < -0.4 is 0 Å². The lowest BCUT2D eigenvalue weighted by molar-refractivity contribution is 0.0543. The first-order valence-electron chi connectivity index (χ1n) is 7.79. The first-order valence-corrected chi connectivity index (χ1v) is 7.79. The Morgan fingerprint density at radius 3 is 2.82 bits per heavy atom. The van der Waals surface area contributed by atoms with Gasteiger partial charge in [0.2, 0.25) is 0 Å². The monoisotopic (exact) mass is 299 g/mol. The molecule has 0 N–H and O–H groups in total. The molecule has 1 aliphatic rings. The van der Waals surface area contributed by atoms with Gasteiger partial charge in [-0.3, -0.25) is 4.79 Å². The SMILES string of the molecule is CC(C)C1CCCCN1C(=O)c1ccc(-n2cncn2)nc1. The second-order valence-electron chi connectivity index (χ2n) is 6.05. The summed E-state index contributed by atoms with van der Waals surface area (Å²) in [5.41, 5.74) is 0.636. The van der Waals surface area contributed by atoms with E-state index >= 15 is 0 Å². The largest absolute Gasteiger partial charge is 0.335 e. The average molecular weight is 299 g/mol. The maximum atomic E-state index is 12.8. The van der Waals surface area contributed by atoms with Gasteiger partial charge in [0.1, 0.15) is 12.7 Å². The molecule has 1 amide bonds. The molecule has 0 spiro atoms. The number of pyridine rings is 1. The number of carbonyl (C=O) groups is 1. The van der Waals surface area contributed by atoms with Gasteiger partial charge in [-0.25, -0.2) is 14.6 Å². The number of piperidine rings is 1. The predicted octanol–water partition coefficient (Wildman–Crippen LogP) is 2.31. The van der Waals surface area contributed by atoms with Crippen molar-refractivity contribution in [3.05, 3.63) is 36.5 Å². The van der Waals surface area contributed by atoms with E-state index in [1.807, 2.05) is 11.0 Å². The van der Waals surface area contributed by atoms with Crippen molar-refractivity contribution in [3.8, 4) is 5.82 Å². The van der Waals surface area contributed by atoms with Gasteiger partial charge in [-0.1, -0.05) is 13.8 Å². The lowest BCUT2D eigenvalue weighted by Gasteiger charge is -2.38. The fourth-order valence-electron chi connectivity index (χ4n) is 3.04. The lowest BCUT2D eigenvalue weighted by Crippen LogP contribution is -2.46. The van der Waals surface area contributed by atoms with Gasteiger partial charge in [-0.15, -0.1) is 0 Å². The highest BCUT2D eigenvalue weighted by Crippen LogP contribution is 2.24. The minimum atomic E-state index is 0.0797. The third-order valence-electron chi connectivity index (χ3n) is 4.23. The van der Waals surface area contributed by atoms with E-state index < -0.39 is 0 Å². The van der Waals surface area contributed by atoms with Gasteiger partial charge in [0.25, 0.3) is 5.91 Å². The summed E-state index contributed by atoms with van der Waals surface area (Å²) >= 11 is 0. The zero-order valence-electron chi connectivity index (χ0n) is 13.0. The van der Waals surface area contributed by atoms with Crippen molar-refractivity contribution in [2.75, 3.05) is 6.54 Å². The van der Waals surface area contributed by atoms with Gasteiger partial charge >= 0.3 is 0 Å². The first kappa shape index (κ1) is 14.7. The van der Waals surface area contributed by atoms with E-state index in [2.05, 4.69) is 28.9 Å². The quantitative estimate of drug-likeness (QED) is 0.872. The highest BCUT2D eigenvalue weighted by molar-refractivity contribution is 5.94. The van der Waals surface area contributed by atoms with Crippen LogP contribution in [0.2, 0.25) is 0 Å². The second-order valence-corrected chi connectivity index (χ2v) is 6.05. The van der Waals surface area contributed by atoms with Crippen LogP contribution in [0.15, 0.2) is 31.0 Å². The van der Waals surface area contributed by atoms with Gasteiger partial charge in [-0.2, -0.15) is 5.10 Å². The highest BCUT2D eigenvalue weighted by Gasteiger charge is 2.29. The number of hydrogen-bond donors (Lipinski definition) is 0. The van der Waals surface area contributed by atoms with Crippen LogP contribution in [0.25, 0.3) is 5.82 Å². The van der Waals surface area contributed by atoms with Crippen molar-refractivity contribution < 1.29 is 4.79 Å². The third-order valence-corrected chi connectivity index (χ3v) is 4.23. The van der Waals surface area contributed by atoms with Crippen molar-refractivity contribution in [1.82, 2.24) is 24.6 Å².